The van der Waals surface area contributed by atoms with Gasteiger partial charge in [0.25, 0.3) is 5.91 Å². The van der Waals surface area contributed by atoms with Crippen LogP contribution in [0.15, 0.2) is 36.4 Å². The number of methoxy groups -OCH3 is 1. The largest absolute Gasteiger partial charge is 0.507 e. The van der Waals surface area contributed by atoms with E-state index in [4.69, 9.17) is 21.1 Å². The van der Waals surface area contributed by atoms with Crippen LogP contribution >= 0.6 is 11.6 Å². The Morgan fingerprint density at radius 1 is 1.23 bits per heavy atom. The van der Waals surface area contributed by atoms with Gasteiger partial charge in [-0.25, -0.2) is 0 Å². The summed E-state index contributed by atoms with van der Waals surface area (Å²) in [6, 6.07) is 9.31. The van der Waals surface area contributed by atoms with Crippen molar-refractivity contribution in [2.45, 2.75) is 6.92 Å². The lowest BCUT2D eigenvalue weighted by atomic mass is 10.2. The molecule has 2 rings (SSSR count). The Hall–Kier alpha value is -2.40. The highest BCUT2D eigenvalue weighted by atomic mass is 35.5. The average molecular weight is 322 g/mol. The molecule has 0 saturated heterocycles. The van der Waals surface area contributed by atoms with Crippen molar-refractivity contribution in [2.24, 2.45) is 0 Å². The number of rotatable bonds is 5. The molecule has 0 saturated carbocycles. The van der Waals surface area contributed by atoms with E-state index in [0.717, 1.165) is 0 Å². The second-order valence-electron chi connectivity index (χ2n) is 4.41. The van der Waals surface area contributed by atoms with Gasteiger partial charge in [-0.3, -0.25) is 4.79 Å². The topological polar surface area (TPSA) is 67.8 Å². The highest BCUT2D eigenvalue weighted by Crippen LogP contribution is 2.31. The Bertz CT molecular complexity index is 688. The van der Waals surface area contributed by atoms with E-state index in [1.54, 1.807) is 18.2 Å². The van der Waals surface area contributed by atoms with Crippen molar-refractivity contribution in [3.05, 3.63) is 47.0 Å². The van der Waals surface area contributed by atoms with Crippen molar-refractivity contribution < 1.29 is 19.4 Å². The summed E-state index contributed by atoms with van der Waals surface area (Å²) < 4.78 is 10.6. The first-order valence-electron chi connectivity index (χ1n) is 6.66. The number of halogens is 1. The molecule has 0 atom stereocenters. The summed E-state index contributed by atoms with van der Waals surface area (Å²) in [5, 5.41) is 12.8. The lowest BCUT2D eigenvalue weighted by molar-refractivity contribution is 0.102. The third-order valence-electron chi connectivity index (χ3n) is 2.92. The van der Waals surface area contributed by atoms with Crippen molar-refractivity contribution in [3.8, 4) is 17.2 Å². The normalized spacial score (nSPS) is 10.1. The molecule has 1 amide bonds. The first-order valence-corrected chi connectivity index (χ1v) is 7.03. The maximum atomic E-state index is 12.2. The molecule has 6 heteroatoms. The predicted octanol–water partition coefficient (Wildman–Crippen LogP) is 3.71. The van der Waals surface area contributed by atoms with Crippen LogP contribution in [0.2, 0.25) is 5.02 Å². The van der Waals surface area contributed by atoms with Crippen LogP contribution in [0.4, 0.5) is 5.69 Å². The molecule has 2 aromatic carbocycles. The number of ether oxygens (including phenoxy) is 2. The molecule has 0 unspecified atom stereocenters. The maximum Gasteiger partial charge on any atom is 0.259 e. The first-order chi connectivity index (χ1) is 10.5. The molecule has 0 spiro atoms. The van der Waals surface area contributed by atoms with Crippen molar-refractivity contribution in [3.63, 3.8) is 0 Å². The van der Waals surface area contributed by atoms with Gasteiger partial charge in [0.1, 0.15) is 5.75 Å². The lowest BCUT2D eigenvalue weighted by Gasteiger charge is -2.12. The summed E-state index contributed by atoms with van der Waals surface area (Å²) in [6.45, 7) is 2.38. The van der Waals surface area contributed by atoms with Crippen LogP contribution in [-0.4, -0.2) is 24.7 Å². The number of hydrogen-bond donors (Lipinski definition) is 2. The van der Waals surface area contributed by atoms with Gasteiger partial charge in [0, 0.05) is 16.8 Å². The van der Waals surface area contributed by atoms with Crippen molar-refractivity contribution in [1.82, 2.24) is 0 Å². The minimum absolute atomic E-state index is 0.0975. The van der Waals surface area contributed by atoms with Crippen molar-refractivity contribution in [2.75, 3.05) is 19.0 Å². The minimum atomic E-state index is -0.466. The van der Waals surface area contributed by atoms with Crippen LogP contribution in [0.3, 0.4) is 0 Å². The molecule has 22 heavy (non-hydrogen) atoms. The second kappa shape index (κ2) is 7.04. The second-order valence-corrected chi connectivity index (χ2v) is 4.85. The van der Waals surface area contributed by atoms with Crippen LogP contribution in [0, 0.1) is 0 Å². The summed E-state index contributed by atoms with van der Waals surface area (Å²) in [4.78, 5) is 12.2. The fourth-order valence-corrected chi connectivity index (χ4v) is 2.08. The molecule has 0 radical (unpaired) electrons. The molecule has 116 valence electrons. The minimum Gasteiger partial charge on any atom is -0.507 e. The highest BCUT2D eigenvalue weighted by molar-refractivity contribution is 6.31. The molecular formula is C16H16ClNO4. The highest BCUT2D eigenvalue weighted by Gasteiger charge is 2.13. The van der Waals surface area contributed by atoms with E-state index in [9.17, 15) is 9.90 Å². The maximum absolute atomic E-state index is 12.2. The lowest BCUT2D eigenvalue weighted by Crippen LogP contribution is -2.12. The molecule has 0 aliphatic heterocycles. The van der Waals surface area contributed by atoms with Gasteiger partial charge in [0.05, 0.1) is 19.3 Å². The molecule has 0 heterocycles. The zero-order valence-electron chi connectivity index (χ0n) is 12.2. The smallest absolute Gasteiger partial charge is 0.259 e. The quantitative estimate of drug-likeness (QED) is 0.881. The van der Waals surface area contributed by atoms with E-state index < -0.39 is 5.91 Å². The number of carbonyl (C=O) groups excluding carboxylic acids is 1. The Morgan fingerprint density at radius 2 is 2.00 bits per heavy atom. The molecular weight excluding hydrogens is 306 g/mol. The zero-order chi connectivity index (χ0) is 16.1. The van der Waals surface area contributed by atoms with E-state index in [-0.39, 0.29) is 11.3 Å². The number of phenolic OH excluding ortho intramolecular Hbond substituents is 1. The fourth-order valence-electron chi connectivity index (χ4n) is 1.91. The fraction of sp³-hybridized carbons (Fsp3) is 0.188. The number of carbonyl (C=O) groups is 1. The average Bonchev–Trinajstić information content (AvgIpc) is 2.51. The van der Waals surface area contributed by atoms with Crippen LogP contribution in [0.1, 0.15) is 17.3 Å². The van der Waals surface area contributed by atoms with Gasteiger partial charge in [0.2, 0.25) is 0 Å². The van der Waals surface area contributed by atoms with Crippen LogP contribution in [0.5, 0.6) is 17.2 Å². The Balaban J connectivity index is 2.23. The standard InChI is InChI=1S/C16H16ClNO4/c1-3-22-14-7-5-11(9-15(14)21-2)18-16(20)12-8-10(17)4-6-13(12)19/h4-9,19H,3H2,1-2H3,(H,18,20). The predicted molar refractivity (Wildman–Crippen MR) is 85.2 cm³/mol. The number of hydrogen-bond acceptors (Lipinski definition) is 4. The van der Waals surface area contributed by atoms with E-state index in [0.29, 0.717) is 28.8 Å². The SMILES string of the molecule is CCOc1ccc(NC(=O)c2cc(Cl)ccc2O)cc1OC. The van der Waals surface area contributed by atoms with Gasteiger partial charge in [-0.1, -0.05) is 11.6 Å². The van der Waals surface area contributed by atoms with Crippen LogP contribution in [-0.2, 0) is 0 Å². The Labute approximate surface area is 133 Å². The molecule has 2 N–H and O–H groups in total. The van der Waals surface area contributed by atoms with Crippen LogP contribution < -0.4 is 14.8 Å². The third kappa shape index (κ3) is 3.62. The van der Waals surface area contributed by atoms with Gasteiger partial charge in [0.15, 0.2) is 11.5 Å². The van der Waals surface area contributed by atoms with Gasteiger partial charge in [-0.2, -0.15) is 0 Å². The number of phenols is 1. The number of anilines is 1. The molecule has 0 aromatic heterocycles. The van der Waals surface area contributed by atoms with E-state index >= 15 is 0 Å². The Kier molecular flexibility index (Phi) is 5.12. The van der Waals surface area contributed by atoms with Crippen molar-refractivity contribution in [1.29, 1.82) is 0 Å². The van der Waals surface area contributed by atoms with E-state index in [1.807, 2.05) is 6.92 Å². The number of aromatic hydroxyl groups is 1. The van der Waals surface area contributed by atoms with Gasteiger partial charge >= 0.3 is 0 Å². The van der Waals surface area contributed by atoms with Crippen molar-refractivity contribution >= 4 is 23.2 Å². The van der Waals surface area contributed by atoms with Gasteiger partial charge in [-0.15, -0.1) is 0 Å². The molecule has 0 aliphatic carbocycles. The van der Waals surface area contributed by atoms with Gasteiger partial charge in [-0.05, 0) is 37.3 Å². The monoisotopic (exact) mass is 321 g/mol. The summed E-state index contributed by atoms with van der Waals surface area (Å²) in [5.41, 5.74) is 0.616. The molecule has 0 aliphatic rings. The summed E-state index contributed by atoms with van der Waals surface area (Å²) in [6.07, 6.45) is 0. The Morgan fingerprint density at radius 3 is 2.68 bits per heavy atom. The van der Waals surface area contributed by atoms with Crippen LogP contribution in [0.25, 0.3) is 0 Å². The zero-order valence-corrected chi connectivity index (χ0v) is 13.0. The summed E-state index contributed by atoms with van der Waals surface area (Å²) in [5.74, 6) is 0.495. The molecule has 2 aromatic rings. The number of benzene rings is 2. The molecule has 0 bridgehead atoms. The number of amides is 1. The number of nitrogens with one attached hydrogen (secondary N) is 1. The summed E-state index contributed by atoms with van der Waals surface area (Å²) in [7, 11) is 1.52. The van der Waals surface area contributed by atoms with E-state index in [1.165, 1.54) is 25.3 Å². The molecule has 5 nitrogen and oxygen atoms in total. The molecule has 0 fully saturated rings. The third-order valence-corrected chi connectivity index (χ3v) is 3.16. The summed E-state index contributed by atoms with van der Waals surface area (Å²) >= 11 is 5.84. The van der Waals surface area contributed by atoms with Gasteiger partial charge < -0.3 is 19.9 Å². The first kappa shape index (κ1) is 16.0. The van der Waals surface area contributed by atoms with E-state index in [2.05, 4.69) is 5.32 Å².